The number of carboxylic acid groups (broad SMARTS) is 1. The highest BCUT2D eigenvalue weighted by Crippen LogP contribution is 2.33. The number of aromatic nitrogens is 2. The summed E-state index contributed by atoms with van der Waals surface area (Å²) >= 11 is 7.22. The third-order valence-corrected chi connectivity index (χ3v) is 8.53. The van der Waals surface area contributed by atoms with Gasteiger partial charge >= 0.3 is 5.97 Å². The Balaban J connectivity index is 0.00000441. The Bertz CT molecular complexity index is 1320. The third-order valence-electron chi connectivity index (χ3n) is 7.30. The molecule has 1 aliphatic rings. The summed E-state index contributed by atoms with van der Waals surface area (Å²) in [6, 6.07) is 8.53. The molecule has 40 heavy (non-hydrogen) atoms. The van der Waals surface area contributed by atoms with Gasteiger partial charge in [0.15, 0.2) is 0 Å². The summed E-state index contributed by atoms with van der Waals surface area (Å²) in [7, 11) is 0. The minimum Gasteiger partial charge on any atom is -0.481 e. The molecule has 0 bridgehead atoms. The number of benzene rings is 2. The van der Waals surface area contributed by atoms with Gasteiger partial charge in [0.2, 0.25) is 11.0 Å². The van der Waals surface area contributed by atoms with E-state index in [0.29, 0.717) is 35.1 Å². The number of hydrogen-bond donors (Lipinski definition) is 1. The van der Waals surface area contributed by atoms with Gasteiger partial charge in [-0.25, -0.2) is 4.39 Å². The summed E-state index contributed by atoms with van der Waals surface area (Å²) in [5.41, 5.74) is 4.75. The molecular formula is C29H35Cl2FN4O3S. The lowest BCUT2D eigenvalue weighted by atomic mass is 9.95. The van der Waals surface area contributed by atoms with Crippen LogP contribution in [0.15, 0.2) is 30.3 Å². The van der Waals surface area contributed by atoms with E-state index in [-0.39, 0.29) is 30.7 Å². The van der Waals surface area contributed by atoms with E-state index in [2.05, 4.69) is 48.0 Å². The van der Waals surface area contributed by atoms with Crippen LogP contribution in [0, 0.1) is 25.6 Å². The average Bonchev–Trinajstić information content (AvgIpc) is 3.38. The van der Waals surface area contributed by atoms with Gasteiger partial charge in [-0.2, -0.15) is 0 Å². The predicted octanol–water partition coefficient (Wildman–Crippen LogP) is 6.71. The first kappa shape index (κ1) is 31.9. The molecule has 0 atom stereocenters. The maximum absolute atomic E-state index is 14.4. The highest BCUT2D eigenvalue weighted by Gasteiger charge is 2.26. The van der Waals surface area contributed by atoms with Crippen molar-refractivity contribution in [2.24, 2.45) is 5.92 Å². The fraction of sp³-hybridized carbons (Fsp3) is 0.448. The Morgan fingerprint density at radius 2 is 1.82 bits per heavy atom. The number of piperidine rings is 1. The lowest BCUT2D eigenvalue weighted by Gasteiger charge is -2.31. The molecule has 216 valence electrons. The number of anilines is 1. The standard InChI is InChI=1S/C29H34ClFN4O3S.ClH/c1-4-5-10-35(26(36)15-21-6-7-23(30)16-25(21)31)29-33-32-27(39-29)22-13-18(2)24(19(3)14-22)17-34-11-8-20(9-12-34)28(37)38;/h6-7,13-14,16,20H,4-5,8-12,15,17H2,1-3H3,(H,37,38);1H. The van der Waals surface area contributed by atoms with E-state index in [1.165, 1.54) is 23.0 Å². The van der Waals surface area contributed by atoms with E-state index < -0.39 is 11.8 Å². The molecule has 0 saturated carbocycles. The van der Waals surface area contributed by atoms with E-state index in [4.69, 9.17) is 11.6 Å². The van der Waals surface area contributed by atoms with Gasteiger partial charge in [-0.15, -0.1) is 22.6 Å². The van der Waals surface area contributed by atoms with Crippen molar-refractivity contribution in [2.75, 3.05) is 24.5 Å². The molecule has 2 aromatic carbocycles. The number of rotatable bonds is 10. The number of amides is 1. The maximum atomic E-state index is 14.4. The van der Waals surface area contributed by atoms with Crippen molar-refractivity contribution in [1.29, 1.82) is 0 Å². The minimum atomic E-state index is -0.699. The first-order chi connectivity index (χ1) is 18.7. The first-order valence-electron chi connectivity index (χ1n) is 13.3. The second kappa shape index (κ2) is 14.3. The summed E-state index contributed by atoms with van der Waals surface area (Å²) in [6.45, 7) is 9.03. The van der Waals surface area contributed by atoms with Crippen molar-refractivity contribution in [3.8, 4) is 10.6 Å². The highest BCUT2D eigenvalue weighted by atomic mass is 35.5. The summed E-state index contributed by atoms with van der Waals surface area (Å²) < 4.78 is 14.4. The number of nitrogens with zero attached hydrogens (tertiary/aromatic N) is 4. The Hall–Kier alpha value is -2.59. The zero-order valence-electron chi connectivity index (χ0n) is 23.0. The van der Waals surface area contributed by atoms with Crippen molar-refractivity contribution in [1.82, 2.24) is 15.1 Å². The average molecular weight is 610 g/mol. The lowest BCUT2D eigenvalue weighted by molar-refractivity contribution is -0.143. The van der Waals surface area contributed by atoms with E-state index in [1.54, 1.807) is 17.0 Å². The van der Waals surface area contributed by atoms with E-state index >= 15 is 0 Å². The zero-order chi connectivity index (χ0) is 28.1. The van der Waals surface area contributed by atoms with Crippen LogP contribution in [-0.4, -0.2) is 51.7 Å². The van der Waals surface area contributed by atoms with E-state index in [1.807, 2.05) is 0 Å². The van der Waals surface area contributed by atoms with Crippen LogP contribution in [0.3, 0.4) is 0 Å². The van der Waals surface area contributed by atoms with Gasteiger partial charge in [0.25, 0.3) is 0 Å². The molecule has 1 N–H and O–H groups in total. The smallest absolute Gasteiger partial charge is 0.306 e. The molecule has 1 saturated heterocycles. The molecule has 1 aliphatic heterocycles. The van der Waals surface area contributed by atoms with Crippen LogP contribution < -0.4 is 4.90 Å². The van der Waals surface area contributed by atoms with Gasteiger partial charge in [-0.1, -0.05) is 42.3 Å². The molecule has 1 fully saturated rings. The van der Waals surface area contributed by atoms with Gasteiger partial charge in [0.1, 0.15) is 10.8 Å². The molecule has 7 nitrogen and oxygen atoms in total. The largest absolute Gasteiger partial charge is 0.481 e. The molecule has 0 radical (unpaired) electrons. The molecule has 0 unspecified atom stereocenters. The number of halogens is 3. The van der Waals surface area contributed by atoms with Crippen LogP contribution in [0.1, 0.15) is 54.9 Å². The Morgan fingerprint density at radius 1 is 1.15 bits per heavy atom. The number of carbonyl (C=O) groups is 2. The number of aryl methyl sites for hydroxylation is 2. The van der Waals surface area contributed by atoms with Crippen molar-refractivity contribution >= 4 is 52.4 Å². The lowest BCUT2D eigenvalue weighted by Crippen LogP contribution is -2.36. The van der Waals surface area contributed by atoms with Gasteiger partial charge in [-0.3, -0.25) is 19.4 Å². The van der Waals surface area contributed by atoms with Crippen LogP contribution in [0.5, 0.6) is 0 Å². The number of hydrogen-bond acceptors (Lipinski definition) is 6. The molecule has 3 aromatic rings. The molecule has 4 rings (SSSR count). The number of carbonyl (C=O) groups excluding carboxylic acids is 1. The Kier molecular flexibility index (Phi) is 11.5. The van der Waals surface area contributed by atoms with Crippen LogP contribution >= 0.6 is 35.3 Å². The van der Waals surface area contributed by atoms with Crippen LogP contribution in [0.25, 0.3) is 10.6 Å². The van der Waals surface area contributed by atoms with Gasteiger partial charge in [0.05, 0.1) is 12.3 Å². The summed E-state index contributed by atoms with van der Waals surface area (Å²) in [5, 5.41) is 19.5. The predicted molar refractivity (Wildman–Crippen MR) is 160 cm³/mol. The number of carboxylic acids is 1. The van der Waals surface area contributed by atoms with Crippen LogP contribution in [0.4, 0.5) is 9.52 Å². The normalized spacial score (nSPS) is 14.1. The van der Waals surface area contributed by atoms with Crippen LogP contribution in [0.2, 0.25) is 5.02 Å². The first-order valence-corrected chi connectivity index (χ1v) is 14.5. The third kappa shape index (κ3) is 7.78. The summed E-state index contributed by atoms with van der Waals surface area (Å²) in [4.78, 5) is 28.4. The fourth-order valence-corrected chi connectivity index (χ4v) is 5.97. The SMILES string of the molecule is CCCCN(C(=O)Cc1ccc(Cl)cc1F)c1nnc(-c2cc(C)c(CN3CCC(C(=O)O)CC3)c(C)c2)s1.Cl. The molecule has 1 amide bonds. The van der Waals surface area contributed by atoms with Crippen LogP contribution in [-0.2, 0) is 22.6 Å². The Labute approximate surface area is 249 Å². The fourth-order valence-electron chi connectivity index (χ4n) is 4.94. The van der Waals surface area contributed by atoms with Crippen molar-refractivity contribution < 1.29 is 19.1 Å². The molecule has 2 heterocycles. The minimum absolute atomic E-state index is 0. The van der Waals surface area contributed by atoms with Gasteiger partial charge in [-0.05, 0) is 92.7 Å². The second-order valence-corrected chi connectivity index (χ2v) is 11.6. The van der Waals surface area contributed by atoms with Gasteiger partial charge < -0.3 is 5.11 Å². The maximum Gasteiger partial charge on any atom is 0.306 e. The molecule has 11 heteroatoms. The summed E-state index contributed by atoms with van der Waals surface area (Å²) in [5.74, 6) is -1.68. The summed E-state index contributed by atoms with van der Waals surface area (Å²) in [6.07, 6.45) is 2.96. The zero-order valence-corrected chi connectivity index (χ0v) is 25.3. The molecular weight excluding hydrogens is 574 g/mol. The van der Waals surface area contributed by atoms with Crippen molar-refractivity contribution in [2.45, 2.75) is 59.4 Å². The Morgan fingerprint density at radius 3 is 2.42 bits per heavy atom. The number of unbranched alkanes of at least 4 members (excludes halogenated alkanes) is 1. The van der Waals surface area contributed by atoms with Crippen molar-refractivity contribution in [3.63, 3.8) is 0 Å². The van der Waals surface area contributed by atoms with Crippen molar-refractivity contribution in [3.05, 3.63) is 63.4 Å². The van der Waals surface area contributed by atoms with E-state index in [9.17, 15) is 19.1 Å². The number of aliphatic carboxylic acids is 1. The molecule has 0 spiro atoms. The monoisotopic (exact) mass is 608 g/mol. The second-order valence-electron chi connectivity index (χ2n) is 10.2. The topological polar surface area (TPSA) is 86.6 Å². The van der Waals surface area contributed by atoms with E-state index in [0.717, 1.165) is 54.2 Å². The molecule has 0 aliphatic carbocycles. The highest BCUT2D eigenvalue weighted by molar-refractivity contribution is 7.18. The van der Waals surface area contributed by atoms with Gasteiger partial charge in [0, 0.05) is 23.7 Å². The molecule has 1 aromatic heterocycles. The quantitative estimate of drug-likeness (QED) is 0.275. The number of likely N-dealkylation sites (tertiary alicyclic amines) is 1.